The second kappa shape index (κ2) is 9.04. The lowest BCUT2D eigenvalue weighted by molar-refractivity contribution is -0.117. The zero-order valence-electron chi connectivity index (χ0n) is 16.6. The number of ether oxygens (including phenoxy) is 1. The summed E-state index contributed by atoms with van der Waals surface area (Å²) < 4.78 is 43.7. The smallest absolute Gasteiger partial charge is 0.337 e. The van der Waals surface area contributed by atoms with Crippen molar-refractivity contribution in [1.29, 1.82) is 0 Å². The van der Waals surface area contributed by atoms with Gasteiger partial charge in [0.15, 0.2) is 0 Å². The minimum Gasteiger partial charge on any atom is -0.465 e. The summed E-state index contributed by atoms with van der Waals surface area (Å²) in [6, 6.07) is 8.47. The zero-order valence-corrected chi connectivity index (χ0v) is 17.4. The van der Waals surface area contributed by atoms with Crippen LogP contribution in [0.1, 0.15) is 29.3 Å². The Morgan fingerprint density at radius 2 is 1.79 bits per heavy atom. The van der Waals surface area contributed by atoms with Gasteiger partial charge in [0.1, 0.15) is 11.9 Å². The lowest BCUT2D eigenvalue weighted by Gasteiger charge is -2.30. The van der Waals surface area contributed by atoms with Crippen LogP contribution in [0.25, 0.3) is 0 Å². The first kappa shape index (κ1) is 22.4. The quantitative estimate of drug-likeness (QED) is 0.692. The van der Waals surface area contributed by atoms with Crippen molar-refractivity contribution in [2.45, 2.75) is 26.3 Å². The third kappa shape index (κ3) is 5.32. The van der Waals surface area contributed by atoms with Gasteiger partial charge in [0.2, 0.25) is 15.9 Å². The topological polar surface area (TPSA) is 92.8 Å². The van der Waals surface area contributed by atoms with Gasteiger partial charge in [0.25, 0.3) is 0 Å². The van der Waals surface area contributed by atoms with Crippen LogP contribution in [-0.4, -0.2) is 39.7 Å². The molecule has 7 nitrogen and oxygen atoms in total. The van der Waals surface area contributed by atoms with Gasteiger partial charge in [-0.25, -0.2) is 17.6 Å². The summed E-state index contributed by atoms with van der Waals surface area (Å²) in [5.41, 5.74) is 1.48. The monoisotopic (exact) mass is 422 g/mol. The van der Waals surface area contributed by atoms with E-state index in [-0.39, 0.29) is 17.7 Å². The van der Waals surface area contributed by atoms with E-state index in [0.717, 1.165) is 22.7 Å². The zero-order chi connectivity index (χ0) is 21.8. The number of hydrogen-bond acceptors (Lipinski definition) is 5. The third-order valence-electron chi connectivity index (χ3n) is 4.33. The predicted molar refractivity (Wildman–Crippen MR) is 109 cm³/mol. The summed E-state index contributed by atoms with van der Waals surface area (Å²) in [6.45, 7) is 3.41. The van der Waals surface area contributed by atoms with E-state index < -0.39 is 33.8 Å². The lowest BCUT2D eigenvalue weighted by Crippen LogP contribution is -2.47. The number of rotatable bonds is 7. The molecule has 1 N–H and O–H groups in total. The highest BCUT2D eigenvalue weighted by molar-refractivity contribution is 7.92. The number of halogens is 1. The number of carbonyl (C=O) groups is 2. The maximum absolute atomic E-state index is 13.3. The number of methoxy groups -OCH3 is 1. The molecule has 0 aromatic heterocycles. The molecule has 0 radical (unpaired) electrons. The Hall–Kier alpha value is -2.94. The first-order chi connectivity index (χ1) is 13.6. The fraction of sp³-hybridized carbons (Fsp3) is 0.300. The summed E-state index contributed by atoms with van der Waals surface area (Å²) in [5, 5.41) is 2.69. The molecule has 0 aliphatic rings. The largest absolute Gasteiger partial charge is 0.465 e. The van der Waals surface area contributed by atoms with Crippen molar-refractivity contribution in [2.24, 2.45) is 0 Å². The van der Waals surface area contributed by atoms with Crippen LogP contribution in [0.15, 0.2) is 42.5 Å². The molecule has 0 saturated carbocycles. The van der Waals surface area contributed by atoms with E-state index in [1.54, 1.807) is 26.0 Å². The molecule has 0 saturated heterocycles. The van der Waals surface area contributed by atoms with Gasteiger partial charge >= 0.3 is 5.97 Å². The summed E-state index contributed by atoms with van der Waals surface area (Å²) in [4.78, 5) is 24.7. The number of sulfonamides is 1. The van der Waals surface area contributed by atoms with Crippen LogP contribution in [0.2, 0.25) is 0 Å². The van der Waals surface area contributed by atoms with Crippen LogP contribution >= 0.6 is 0 Å². The number of aryl methyl sites for hydroxylation is 1. The van der Waals surface area contributed by atoms with E-state index >= 15 is 0 Å². The Labute approximate surface area is 169 Å². The van der Waals surface area contributed by atoms with Crippen molar-refractivity contribution in [3.8, 4) is 0 Å². The molecule has 0 unspecified atom stereocenters. The molecule has 156 valence electrons. The molecule has 0 aliphatic heterocycles. The molecular formula is C20H23FN2O5S. The van der Waals surface area contributed by atoms with Crippen molar-refractivity contribution in [3.63, 3.8) is 0 Å². The number of nitrogens with zero attached hydrogens (tertiary/aromatic N) is 1. The number of hydrogen-bond donors (Lipinski definition) is 1. The Morgan fingerprint density at radius 3 is 2.31 bits per heavy atom. The number of anilines is 2. The summed E-state index contributed by atoms with van der Waals surface area (Å²) in [5.74, 6) is -1.65. The van der Waals surface area contributed by atoms with Crippen molar-refractivity contribution < 1.29 is 27.1 Å². The lowest BCUT2D eigenvalue weighted by atomic mass is 10.1. The Balaban J connectivity index is 2.40. The molecule has 2 aromatic rings. The highest BCUT2D eigenvalue weighted by Gasteiger charge is 2.31. The van der Waals surface area contributed by atoms with Crippen molar-refractivity contribution in [2.75, 3.05) is 23.0 Å². The molecular weight excluding hydrogens is 399 g/mol. The summed E-state index contributed by atoms with van der Waals surface area (Å²) in [6.07, 6.45) is 1.15. The van der Waals surface area contributed by atoms with Crippen LogP contribution in [0.5, 0.6) is 0 Å². The van der Waals surface area contributed by atoms with E-state index in [0.29, 0.717) is 11.3 Å². The van der Waals surface area contributed by atoms with E-state index in [4.69, 9.17) is 0 Å². The normalized spacial score (nSPS) is 12.2. The molecule has 0 spiro atoms. The van der Waals surface area contributed by atoms with Crippen LogP contribution < -0.4 is 9.62 Å². The van der Waals surface area contributed by atoms with Crippen LogP contribution in [0.4, 0.5) is 15.8 Å². The van der Waals surface area contributed by atoms with Gasteiger partial charge in [-0.2, -0.15) is 0 Å². The van der Waals surface area contributed by atoms with Gasteiger partial charge < -0.3 is 10.1 Å². The van der Waals surface area contributed by atoms with E-state index in [1.165, 1.54) is 25.3 Å². The average Bonchev–Trinajstić information content (AvgIpc) is 2.67. The van der Waals surface area contributed by atoms with Gasteiger partial charge in [-0.15, -0.1) is 0 Å². The Bertz CT molecular complexity index is 1010. The highest BCUT2D eigenvalue weighted by atomic mass is 32.2. The standard InChI is InChI=1S/C20H23FN2O5S/c1-5-18(23(29(4,26)27)16-10-8-15(21)9-11-16)19(24)22-17-12-14(20(25)28-3)7-6-13(17)2/h6-12,18H,5H2,1-4H3,(H,22,24)/t18-/m1/s1. The first-order valence-corrected chi connectivity index (χ1v) is 10.7. The predicted octanol–water partition coefficient (Wildman–Crippen LogP) is 3.10. The highest BCUT2D eigenvalue weighted by Crippen LogP contribution is 2.25. The van der Waals surface area contributed by atoms with E-state index in [1.807, 2.05) is 0 Å². The molecule has 9 heteroatoms. The molecule has 2 rings (SSSR count). The van der Waals surface area contributed by atoms with Crippen molar-refractivity contribution >= 4 is 33.3 Å². The third-order valence-corrected chi connectivity index (χ3v) is 5.51. The number of amides is 1. The van der Waals surface area contributed by atoms with Gasteiger partial charge in [-0.1, -0.05) is 13.0 Å². The summed E-state index contributed by atoms with van der Waals surface area (Å²) in [7, 11) is -2.59. The van der Waals surface area contributed by atoms with E-state index in [2.05, 4.69) is 10.1 Å². The molecule has 0 aliphatic carbocycles. The SMILES string of the molecule is CC[C@H](C(=O)Nc1cc(C(=O)OC)ccc1C)N(c1ccc(F)cc1)S(C)(=O)=O. The molecule has 0 heterocycles. The number of nitrogens with one attached hydrogen (secondary N) is 1. The minimum absolute atomic E-state index is 0.173. The van der Waals surface area contributed by atoms with Crippen LogP contribution in [0.3, 0.4) is 0 Å². The van der Waals surface area contributed by atoms with Crippen molar-refractivity contribution in [3.05, 3.63) is 59.4 Å². The first-order valence-electron chi connectivity index (χ1n) is 8.83. The molecule has 1 atom stereocenters. The van der Waals surface area contributed by atoms with Gasteiger partial charge in [-0.05, 0) is 55.3 Å². The maximum Gasteiger partial charge on any atom is 0.337 e. The number of benzene rings is 2. The fourth-order valence-corrected chi connectivity index (χ4v) is 4.08. The van der Waals surface area contributed by atoms with E-state index in [9.17, 15) is 22.4 Å². The molecule has 2 aromatic carbocycles. The van der Waals surface area contributed by atoms with Gasteiger partial charge in [0.05, 0.1) is 24.6 Å². The summed E-state index contributed by atoms with van der Waals surface area (Å²) >= 11 is 0. The molecule has 1 amide bonds. The Kier molecular flexibility index (Phi) is 6.97. The second-order valence-electron chi connectivity index (χ2n) is 6.47. The van der Waals surface area contributed by atoms with Crippen molar-refractivity contribution in [1.82, 2.24) is 0 Å². The number of carbonyl (C=O) groups excluding carboxylic acids is 2. The Morgan fingerprint density at radius 1 is 1.17 bits per heavy atom. The minimum atomic E-state index is -3.84. The maximum atomic E-state index is 13.3. The second-order valence-corrected chi connectivity index (χ2v) is 8.33. The fourth-order valence-electron chi connectivity index (χ4n) is 2.87. The van der Waals surface area contributed by atoms with Gasteiger partial charge in [0, 0.05) is 5.69 Å². The molecule has 0 bridgehead atoms. The number of esters is 1. The van der Waals surface area contributed by atoms with Gasteiger partial charge in [-0.3, -0.25) is 9.10 Å². The molecule has 0 fully saturated rings. The van der Waals surface area contributed by atoms with Crippen LogP contribution in [-0.2, 0) is 19.6 Å². The average molecular weight is 422 g/mol. The molecule has 29 heavy (non-hydrogen) atoms. The van der Waals surface area contributed by atoms with Crippen LogP contribution in [0, 0.1) is 12.7 Å².